The number of rotatable bonds is 6. The minimum atomic E-state index is -0.302. The average molecular weight is 392 g/mol. The van der Waals surface area contributed by atoms with Crippen LogP contribution < -0.4 is 5.56 Å². The summed E-state index contributed by atoms with van der Waals surface area (Å²) in [7, 11) is 0. The van der Waals surface area contributed by atoms with Crippen LogP contribution in [-0.2, 0) is 0 Å². The topological polar surface area (TPSA) is 96.0 Å². The first kappa shape index (κ1) is 18.1. The standard InChI is InChI=1S/C20H16N4O3S/c25-17-16(13-7-2-1-3-8-13)22-23-20(21-17)28-12-6-11-24-18(26)14-9-4-5-10-15(14)19(24)27/h1-5,7-10H,6,11-12H2,(H,21,23,25). The summed E-state index contributed by atoms with van der Waals surface area (Å²) in [5.41, 5.74) is 1.58. The highest BCUT2D eigenvalue weighted by atomic mass is 32.2. The lowest BCUT2D eigenvalue weighted by Crippen LogP contribution is -2.31. The Morgan fingerprint density at radius 1 is 0.857 bits per heavy atom. The van der Waals surface area contributed by atoms with E-state index in [0.717, 1.165) is 0 Å². The molecule has 0 saturated carbocycles. The van der Waals surface area contributed by atoms with Crippen molar-refractivity contribution >= 4 is 23.6 Å². The number of fused-ring (bicyclic) bond motifs is 1. The molecule has 8 heteroatoms. The van der Waals surface area contributed by atoms with Crippen molar-refractivity contribution in [3.63, 3.8) is 0 Å². The number of imide groups is 1. The van der Waals surface area contributed by atoms with Crippen molar-refractivity contribution in [2.75, 3.05) is 12.3 Å². The zero-order valence-electron chi connectivity index (χ0n) is 14.8. The number of carbonyl (C=O) groups excluding carboxylic acids is 2. The number of aromatic amines is 1. The predicted molar refractivity (Wildman–Crippen MR) is 105 cm³/mol. The zero-order chi connectivity index (χ0) is 19.5. The third-order valence-electron chi connectivity index (χ3n) is 4.37. The summed E-state index contributed by atoms with van der Waals surface area (Å²) in [5, 5.41) is 8.49. The molecule has 1 aliphatic rings. The van der Waals surface area contributed by atoms with Crippen LogP contribution >= 0.6 is 11.8 Å². The van der Waals surface area contributed by atoms with Crippen LogP contribution in [0.5, 0.6) is 0 Å². The van der Waals surface area contributed by atoms with Gasteiger partial charge in [-0.1, -0.05) is 54.2 Å². The van der Waals surface area contributed by atoms with E-state index in [9.17, 15) is 14.4 Å². The van der Waals surface area contributed by atoms with Gasteiger partial charge in [-0.25, -0.2) is 0 Å². The summed E-state index contributed by atoms with van der Waals surface area (Å²) >= 11 is 1.33. The molecule has 0 atom stereocenters. The van der Waals surface area contributed by atoms with Crippen LogP contribution in [0.4, 0.5) is 0 Å². The van der Waals surface area contributed by atoms with Gasteiger partial charge in [0.25, 0.3) is 17.4 Å². The molecule has 0 unspecified atom stereocenters. The number of nitrogens with zero attached hydrogens (tertiary/aromatic N) is 3. The summed E-state index contributed by atoms with van der Waals surface area (Å²) in [6.07, 6.45) is 0.584. The van der Waals surface area contributed by atoms with E-state index >= 15 is 0 Å². The Morgan fingerprint density at radius 2 is 1.50 bits per heavy atom. The van der Waals surface area contributed by atoms with Gasteiger partial charge in [-0.05, 0) is 18.6 Å². The van der Waals surface area contributed by atoms with Crippen molar-refractivity contribution in [3.05, 3.63) is 76.1 Å². The molecule has 2 aromatic carbocycles. The number of nitrogens with one attached hydrogen (secondary N) is 1. The number of thioether (sulfide) groups is 1. The smallest absolute Gasteiger partial charge is 0.278 e. The Hall–Kier alpha value is -3.26. The van der Waals surface area contributed by atoms with Gasteiger partial charge in [0.2, 0.25) is 0 Å². The lowest BCUT2D eigenvalue weighted by atomic mass is 10.1. The molecule has 0 bridgehead atoms. The Balaban J connectivity index is 1.34. The van der Waals surface area contributed by atoms with Gasteiger partial charge >= 0.3 is 0 Å². The van der Waals surface area contributed by atoms with Gasteiger partial charge in [0, 0.05) is 17.9 Å². The molecule has 1 aromatic heterocycles. The summed E-state index contributed by atoms with van der Waals surface area (Å²) < 4.78 is 0. The number of carbonyl (C=O) groups is 2. The molecule has 0 spiro atoms. The van der Waals surface area contributed by atoms with E-state index in [2.05, 4.69) is 15.2 Å². The molecule has 0 fully saturated rings. The highest BCUT2D eigenvalue weighted by Gasteiger charge is 2.34. The second-order valence-corrected chi connectivity index (χ2v) is 7.27. The number of aromatic nitrogens is 3. The molecule has 4 rings (SSSR count). The largest absolute Gasteiger partial charge is 0.298 e. The Morgan fingerprint density at radius 3 is 2.14 bits per heavy atom. The van der Waals surface area contributed by atoms with Crippen molar-refractivity contribution in [2.24, 2.45) is 0 Å². The molecule has 140 valence electrons. The number of amides is 2. The van der Waals surface area contributed by atoms with Gasteiger partial charge < -0.3 is 0 Å². The minimum Gasteiger partial charge on any atom is -0.298 e. The Bertz CT molecular complexity index is 1060. The summed E-state index contributed by atoms with van der Waals surface area (Å²) in [6, 6.07) is 16.0. The first-order valence-electron chi connectivity index (χ1n) is 8.75. The van der Waals surface area contributed by atoms with Crippen molar-refractivity contribution in [1.82, 2.24) is 20.1 Å². The van der Waals surface area contributed by atoms with Gasteiger partial charge in [-0.15, -0.1) is 10.2 Å². The number of H-pyrrole nitrogens is 1. The second kappa shape index (κ2) is 7.77. The molecular weight excluding hydrogens is 376 g/mol. The fourth-order valence-corrected chi connectivity index (χ4v) is 3.74. The number of hydrogen-bond acceptors (Lipinski definition) is 6. The van der Waals surface area contributed by atoms with Crippen LogP contribution in [0.3, 0.4) is 0 Å². The molecule has 1 N–H and O–H groups in total. The van der Waals surface area contributed by atoms with E-state index in [-0.39, 0.29) is 23.1 Å². The molecule has 1 aliphatic heterocycles. The first-order chi connectivity index (χ1) is 13.6. The van der Waals surface area contributed by atoms with Gasteiger partial charge in [-0.2, -0.15) is 0 Å². The number of hydrogen-bond donors (Lipinski definition) is 1. The van der Waals surface area contributed by atoms with E-state index in [1.807, 2.05) is 18.2 Å². The molecule has 3 aromatic rings. The van der Waals surface area contributed by atoms with Crippen LogP contribution in [0.2, 0.25) is 0 Å². The maximum atomic E-state index is 12.3. The molecule has 0 radical (unpaired) electrons. The highest BCUT2D eigenvalue weighted by molar-refractivity contribution is 7.99. The molecule has 28 heavy (non-hydrogen) atoms. The summed E-state index contributed by atoms with van der Waals surface area (Å²) in [5.74, 6) is 0.0694. The zero-order valence-corrected chi connectivity index (χ0v) is 15.6. The number of benzene rings is 2. The molecule has 7 nitrogen and oxygen atoms in total. The van der Waals surface area contributed by atoms with Crippen molar-refractivity contribution in [2.45, 2.75) is 11.6 Å². The fourth-order valence-electron chi connectivity index (χ4n) is 3.01. The molecular formula is C20H16N4O3S. The van der Waals surface area contributed by atoms with Gasteiger partial charge in [0.15, 0.2) is 10.9 Å². The third kappa shape index (κ3) is 3.46. The van der Waals surface area contributed by atoms with E-state index < -0.39 is 0 Å². The van der Waals surface area contributed by atoms with E-state index in [1.165, 1.54) is 16.7 Å². The lowest BCUT2D eigenvalue weighted by molar-refractivity contribution is 0.0655. The Kier molecular flexibility index (Phi) is 5.03. The maximum Gasteiger partial charge on any atom is 0.278 e. The van der Waals surface area contributed by atoms with Gasteiger partial charge in [0.1, 0.15) is 0 Å². The van der Waals surface area contributed by atoms with Gasteiger partial charge in [0.05, 0.1) is 11.1 Å². The first-order valence-corrected chi connectivity index (χ1v) is 9.74. The maximum absolute atomic E-state index is 12.3. The fraction of sp³-hybridized carbons (Fsp3) is 0.150. The minimum absolute atomic E-state index is 0.258. The van der Waals surface area contributed by atoms with Crippen LogP contribution in [0.15, 0.2) is 64.5 Å². The van der Waals surface area contributed by atoms with Crippen molar-refractivity contribution < 1.29 is 9.59 Å². The monoisotopic (exact) mass is 392 g/mol. The highest BCUT2D eigenvalue weighted by Crippen LogP contribution is 2.23. The SMILES string of the molecule is O=C1c2ccccc2C(=O)N1CCCSc1nnc(-c2ccccc2)c(=O)[nH]1. The lowest BCUT2D eigenvalue weighted by Gasteiger charge is -2.13. The van der Waals surface area contributed by atoms with Crippen LogP contribution in [0, 0.1) is 0 Å². The van der Waals surface area contributed by atoms with Crippen LogP contribution in [0.25, 0.3) is 11.3 Å². The van der Waals surface area contributed by atoms with Crippen LogP contribution in [-0.4, -0.2) is 44.2 Å². The summed E-state index contributed by atoms with van der Waals surface area (Å²) in [6.45, 7) is 0.319. The van der Waals surface area contributed by atoms with E-state index in [1.54, 1.807) is 36.4 Å². The summed E-state index contributed by atoms with van der Waals surface area (Å²) in [4.78, 5) is 40.8. The molecule has 0 aliphatic carbocycles. The van der Waals surface area contributed by atoms with E-state index in [0.29, 0.717) is 40.6 Å². The van der Waals surface area contributed by atoms with Crippen molar-refractivity contribution in [1.29, 1.82) is 0 Å². The second-order valence-electron chi connectivity index (χ2n) is 6.18. The van der Waals surface area contributed by atoms with Crippen LogP contribution in [0.1, 0.15) is 27.1 Å². The quantitative estimate of drug-likeness (QED) is 0.394. The molecule has 2 heterocycles. The van der Waals surface area contributed by atoms with E-state index in [4.69, 9.17) is 0 Å². The third-order valence-corrected chi connectivity index (χ3v) is 5.32. The molecule has 0 saturated heterocycles. The van der Waals surface area contributed by atoms with Crippen molar-refractivity contribution in [3.8, 4) is 11.3 Å². The Labute approximate surface area is 164 Å². The molecule has 2 amide bonds. The average Bonchev–Trinajstić information content (AvgIpc) is 2.97. The predicted octanol–water partition coefficient (Wildman–Crippen LogP) is 2.61. The normalized spacial score (nSPS) is 13.1. The van der Waals surface area contributed by atoms with Gasteiger partial charge in [-0.3, -0.25) is 24.3 Å².